The molecule has 1 fully saturated rings. The van der Waals surface area contributed by atoms with Crippen LogP contribution in [0.15, 0.2) is 40.2 Å². The van der Waals surface area contributed by atoms with Crippen molar-refractivity contribution >= 4 is 23.2 Å². The number of thiophene rings is 1. The van der Waals surface area contributed by atoms with Crippen molar-refractivity contribution in [1.82, 2.24) is 20.4 Å². The van der Waals surface area contributed by atoms with Crippen LogP contribution in [0.4, 0.5) is 13.2 Å². The van der Waals surface area contributed by atoms with E-state index >= 15 is 0 Å². The van der Waals surface area contributed by atoms with Gasteiger partial charge in [0.05, 0.1) is 24.1 Å². The fourth-order valence-electron chi connectivity index (χ4n) is 3.35. The first kappa shape index (κ1) is 22.9. The van der Waals surface area contributed by atoms with Gasteiger partial charge in [0.15, 0.2) is 0 Å². The number of carbonyl (C=O) groups excluding carboxylic acids is 2. The van der Waals surface area contributed by atoms with Gasteiger partial charge < -0.3 is 19.5 Å². The highest BCUT2D eigenvalue weighted by Crippen LogP contribution is 2.29. The molecular weight excluding hydrogens is 461 g/mol. The Labute approximate surface area is 190 Å². The lowest BCUT2D eigenvalue weighted by molar-refractivity contribution is -0.159. The molecule has 12 heteroatoms. The first-order valence-corrected chi connectivity index (χ1v) is 10.8. The average molecular weight is 480 g/mol. The number of hydrogen-bond acceptors (Lipinski definition) is 7. The third kappa shape index (κ3) is 5.06. The SMILES string of the molecule is Cc1ccsc1C(=O)N1CCOC[C@@H]1CNC(=O)c1ccc(-c2noc(C(F)(F)F)n2)cc1. The van der Waals surface area contributed by atoms with Crippen molar-refractivity contribution in [2.45, 2.75) is 19.1 Å². The van der Waals surface area contributed by atoms with E-state index in [9.17, 15) is 22.8 Å². The van der Waals surface area contributed by atoms with E-state index in [1.807, 2.05) is 18.4 Å². The third-order valence-electron chi connectivity index (χ3n) is 5.12. The highest BCUT2D eigenvalue weighted by atomic mass is 32.1. The number of halogens is 3. The summed E-state index contributed by atoms with van der Waals surface area (Å²) in [5.74, 6) is -2.15. The zero-order chi connectivity index (χ0) is 23.6. The predicted molar refractivity (Wildman–Crippen MR) is 112 cm³/mol. The van der Waals surface area contributed by atoms with Crippen LogP contribution in [0.25, 0.3) is 11.4 Å². The van der Waals surface area contributed by atoms with Gasteiger partial charge in [-0.2, -0.15) is 18.2 Å². The Kier molecular flexibility index (Phi) is 6.47. The molecule has 0 bridgehead atoms. The molecule has 4 rings (SSSR count). The van der Waals surface area contributed by atoms with Crippen LogP contribution in [-0.2, 0) is 10.9 Å². The maximum atomic E-state index is 12.9. The predicted octanol–water partition coefficient (Wildman–Crippen LogP) is 3.40. The molecule has 1 saturated heterocycles. The molecule has 1 aromatic carbocycles. The van der Waals surface area contributed by atoms with Crippen LogP contribution < -0.4 is 5.32 Å². The second-order valence-corrected chi connectivity index (χ2v) is 8.28. The summed E-state index contributed by atoms with van der Waals surface area (Å²) >= 11 is 1.38. The van der Waals surface area contributed by atoms with Crippen LogP contribution >= 0.6 is 11.3 Å². The van der Waals surface area contributed by atoms with Crippen molar-refractivity contribution in [3.63, 3.8) is 0 Å². The maximum absolute atomic E-state index is 12.9. The molecule has 1 aliphatic heterocycles. The maximum Gasteiger partial charge on any atom is 0.471 e. The van der Waals surface area contributed by atoms with Gasteiger partial charge in [-0.1, -0.05) is 17.3 Å². The molecule has 33 heavy (non-hydrogen) atoms. The second kappa shape index (κ2) is 9.32. The molecule has 0 radical (unpaired) electrons. The summed E-state index contributed by atoms with van der Waals surface area (Å²) in [6.07, 6.45) is -4.73. The van der Waals surface area contributed by atoms with Crippen molar-refractivity contribution in [2.24, 2.45) is 0 Å². The Balaban J connectivity index is 1.39. The molecule has 0 spiro atoms. The molecule has 0 aliphatic carbocycles. The van der Waals surface area contributed by atoms with Gasteiger partial charge in [-0.3, -0.25) is 9.59 Å². The summed E-state index contributed by atoms with van der Waals surface area (Å²) < 4.78 is 47.6. The van der Waals surface area contributed by atoms with Crippen LogP contribution in [0, 0.1) is 6.92 Å². The van der Waals surface area contributed by atoms with Gasteiger partial charge in [-0.05, 0) is 36.1 Å². The standard InChI is InChI=1S/C21H19F3N4O4S/c1-12-6-9-33-16(12)19(30)28-7-8-31-11-15(28)10-25-18(29)14-4-2-13(3-5-14)17-26-20(32-27-17)21(22,23)24/h2-6,9,15H,7-8,10-11H2,1H3,(H,25,29)/t15-/m0/s1. The molecule has 174 valence electrons. The van der Waals surface area contributed by atoms with Gasteiger partial charge in [-0.15, -0.1) is 11.3 Å². The number of benzene rings is 1. The van der Waals surface area contributed by atoms with E-state index < -0.39 is 18.0 Å². The molecule has 2 amide bonds. The highest BCUT2D eigenvalue weighted by molar-refractivity contribution is 7.12. The fraction of sp³-hybridized carbons (Fsp3) is 0.333. The van der Waals surface area contributed by atoms with Crippen LogP contribution in [-0.4, -0.2) is 59.2 Å². The zero-order valence-electron chi connectivity index (χ0n) is 17.4. The molecule has 1 atom stereocenters. The Bertz CT molecular complexity index is 1140. The lowest BCUT2D eigenvalue weighted by Gasteiger charge is -2.35. The fourth-order valence-corrected chi connectivity index (χ4v) is 4.23. The molecule has 0 unspecified atom stereocenters. The minimum Gasteiger partial charge on any atom is -0.377 e. The first-order valence-electron chi connectivity index (χ1n) is 9.96. The van der Waals surface area contributed by atoms with Crippen LogP contribution in [0.5, 0.6) is 0 Å². The lowest BCUT2D eigenvalue weighted by Crippen LogP contribution is -2.53. The van der Waals surface area contributed by atoms with Crippen LogP contribution in [0.2, 0.25) is 0 Å². The Hall–Kier alpha value is -3.25. The number of rotatable bonds is 5. The number of aromatic nitrogens is 2. The van der Waals surface area contributed by atoms with Crippen LogP contribution in [0.3, 0.4) is 0 Å². The molecule has 0 saturated carbocycles. The summed E-state index contributed by atoms with van der Waals surface area (Å²) in [6.45, 7) is 3.22. The monoisotopic (exact) mass is 480 g/mol. The van der Waals surface area contributed by atoms with Gasteiger partial charge in [0.2, 0.25) is 5.82 Å². The van der Waals surface area contributed by atoms with Crippen molar-refractivity contribution in [3.05, 3.63) is 57.6 Å². The topological polar surface area (TPSA) is 97.6 Å². The molecule has 3 heterocycles. The molecule has 8 nitrogen and oxygen atoms in total. The quantitative estimate of drug-likeness (QED) is 0.601. The molecule has 3 aromatic rings. The Morgan fingerprint density at radius 3 is 2.64 bits per heavy atom. The summed E-state index contributed by atoms with van der Waals surface area (Å²) in [6, 6.07) is 7.32. The number of hydrogen-bond donors (Lipinski definition) is 1. The summed E-state index contributed by atoms with van der Waals surface area (Å²) in [5.41, 5.74) is 1.47. The average Bonchev–Trinajstić information content (AvgIpc) is 3.47. The normalized spacial score (nSPS) is 16.6. The number of amides is 2. The number of ether oxygens (including phenoxy) is 1. The van der Waals surface area contributed by atoms with Gasteiger partial charge in [0.1, 0.15) is 0 Å². The largest absolute Gasteiger partial charge is 0.471 e. The van der Waals surface area contributed by atoms with E-state index in [4.69, 9.17) is 4.74 Å². The van der Waals surface area contributed by atoms with Gasteiger partial charge in [0.25, 0.3) is 11.8 Å². The summed E-state index contributed by atoms with van der Waals surface area (Å²) in [4.78, 5) is 31.2. The van der Waals surface area contributed by atoms with Gasteiger partial charge in [-0.25, -0.2) is 0 Å². The zero-order valence-corrected chi connectivity index (χ0v) is 18.2. The number of carbonyl (C=O) groups is 2. The number of nitrogens with one attached hydrogen (secondary N) is 1. The van der Waals surface area contributed by atoms with Gasteiger partial charge in [0, 0.05) is 24.2 Å². The van der Waals surface area contributed by atoms with E-state index in [2.05, 4.69) is 20.0 Å². The van der Waals surface area contributed by atoms with E-state index in [1.165, 1.54) is 35.6 Å². The van der Waals surface area contributed by atoms with E-state index in [0.717, 1.165) is 5.56 Å². The minimum absolute atomic E-state index is 0.0901. The van der Waals surface area contributed by atoms with Crippen molar-refractivity contribution < 1.29 is 32.0 Å². The molecule has 1 aliphatic rings. The molecule has 2 aromatic heterocycles. The van der Waals surface area contributed by atoms with Gasteiger partial charge >= 0.3 is 12.1 Å². The molecular formula is C21H19F3N4O4S. The lowest BCUT2D eigenvalue weighted by atomic mass is 10.1. The van der Waals surface area contributed by atoms with Crippen molar-refractivity contribution in [1.29, 1.82) is 0 Å². The summed E-state index contributed by atoms with van der Waals surface area (Å²) in [7, 11) is 0. The summed E-state index contributed by atoms with van der Waals surface area (Å²) in [5, 5.41) is 7.97. The van der Waals surface area contributed by atoms with E-state index in [-0.39, 0.29) is 29.9 Å². The number of morpholine rings is 1. The molecule has 1 N–H and O–H groups in total. The van der Waals surface area contributed by atoms with Crippen LogP contribution in [0.1, 0.15) is 31.5 Å². The van der Waals surface area contributed by atoms with E-state index in [0.29, 0.717) is 30.2 Å². The minimum atomic E-state index is -4.73. The second-order valence-electron chi connectivity index (χ2n) is 7.37. The number of alkyl halides is 3. The smallest absolute Gasteiger partial charge is 0.377 e. The van der Waals surface area contributed by atoms with E-state index in [1.54, 1.807) is 4.90 Å². The third-order valence-corrected chi connectivity index (χ3v) is 6.12. The Morgan fingerprint density at radius 1 is 1.24 bits per heavy atom. The number of nitrogens with zero attached hydrogens (tertiary/aromatic N) is 3. The highest BCUT2D eigenvalue weighted by Gasteiger charge is 2.38. The number of aryl methyl sites for hydroxylation is 1. The van der Waals surface area contributed by atoms with Crippen molar-refractivity contribution in [2.75, 3.05) is 26.3 Å². The Morgan fingerprint density at radius 2 is 2.00 bits per heavy atom. The first-order chi connectivity index (χ1) is 15.7. The van der Waals surface area contributed by atoms with Crippen molar-refractivity contribution in [3.8, 4) is 11.4 Å².